The number of hydrogen-bond acceptors (Lipinski definition) is 3. The molecule has 0 spiro atoms. The number of hydrogen-bond donors (Lipinski definition) is 1. The van der Waals surface area contributed by atoms with Crippen LogP contribution in [0.4, 0.5) is 0 Å². The molecule has 1 atom stereocenters. The molecule has 4 bridgehead atoms. The Morgan fingerprint density at radius 1 is 1.11 bits per heavy atom. The molecule has 104 valence electrons. The van der Waals surface area contributed by atoms with Crippen LogP contribution in [0.1, 0.15) is 38.5 Å². The van der Waals surface area contributed by atoms with E-state index in [0.717, 1.165) is 17.8 Å². The van der Waals surface area contributed by atoms with Crippen molar-refractivity contribution in [1.29, 1.82) is 0 Å². The standard InChI is InChI=1S/C15H27NO2/c1-16(2)9-14(17)10-18-15-6-11-3-12(7-15)5-13(4-11)8-15/h11-14,17H,3-10H2,1-2H3. The van der Waals surface area contributed by atoms with Crippen LogP contribution in [0.25, 0.3) is 0 Å². The molecule has 3 nitrogen and oxygen atoms in total. The van der Waals surface area contributed by atoms with E-state index in [4.69, 9.17) is 4.74 Å². The fraction of sp³-hybridized carbons (Fsp3) is 1.00. The lowest BCUT2D eigenvalue weighted by Gasteiger charge is -2.56. The first-order valence-electron chi connectivity index (χ1n) is 7.51. The van der Waals surface area contributed by atoms with Gasteiger partial charge in [-0.2, -0.15) is 0 Å². The normalized spacial score (nSPS) is 43.7. The van der Waals surface area contributed by atoms with Crippen molar-refractivity contribution in [3.8, 4) is 0 Å². The monoisotopic (exact) mass is 253 g/mol. The molecule has 3 heteroatoms. The van der Waals surface area contributed by atoms with Gasteiger partial charge in [0, 0.05) is 6.54 Å². The average Bonchev–Trinajstić information content (AvgIpc) is 2.23. The lowest BCUT2D eigenvalue weighted by atomic mass is 9.54. The highest BCUT2D eigenvalue weighted by atomic mass is 16.5. The third-order valence-corrected chi connectivity index (χ3v) is 5.14. The van der Waals surface area contributed by atoms with Crippen LogP contribution in [0.2, 0.25) is 0 Å². The van der Waals surface area contributed by atoms with E-state index >= 15 is 0 Å². The highest BCUT2D eigenvalue weighted by molar-refractivity contribution is 5.03. The van der Waals surface area contributed by atoms with Crippen molar-refractivity contribution in [3.05, 3.63) is 0 Å². The molecule has 1 unspecified atom stereocenters. The Hall–Kier alpha value is -0.120. The summed E-state index contributed by atoms with van der Waals surface area (Å²) in [5.41, 5.74) is 0.141. The molecule has 0 aromatic rings. The number of likely N-dealkylation sites (N-methyl/N-ethyl adjacent to an activating group) is 1. The van der Waals surface area contributed by atoms with Crippen LogP contribution in [0, 0.1) is 17.8 Å². The highest BCUT2D eigenvalue weighted by Crippen LogP contribution is 2.57. The minimum absolute atomic E-state index is 0.141. The van der Waals surface area contributed by atoms with Crippen molar-refractivity contribution < 1.29 is 9.84 Å². The summed E-state index contributed by atoms with van der Waals surface area (Å²) < 4.78 is 6.23. The highest BCUT2D eigenvalue weighted by Gasteiger charge is 2.51. The van der Waals surface area contributed by atoms with Crippen LogP contribution in [0.15, 0.2) is 0 Å². The lowest BCUT2D eigenvalue weighted by molar-refractivity contribution is -0.175. The van der Waals surface area contributed by atoms with Gasteiger partial charge in [-0.25, -0.2) is 0 Å². The molecule has 4 saturated carbocycles. The topological polar surface area (TPSA) is 32.7 Å². The van der Waals surface area contributed by atoms with E-state index < -0.39 is 0 Å². The van der Waals surface area contributed by atoms with Crippen LogP contribution in [-0.4, -0.2) is 49.0 Å². The van der Waals surface area contributed by atoms with Crippen LogP contribution in [0.5, 0.6) is 0 Å². The summed E-state index contributed by atoms with van der Waals surface area (Å²) in [6.45, 7) is 1.22. The molecule has 0 radical (unpaired) electrons. The van der Waals surface area contributed by atoms with E-state index in [1.807, 2.05) is 19.0 Å². The number of nitrogens with zero attached hydrogens (tertiary/aromatic N) is 1. The minimum atomic E-state index is -0.340. The quantitative estimate of drug-likeness (QED) is 0.812. The molecular formula is C15H27NO2. The van der Waals surface area contributed by atoms with Crippen molar-refractivity contribution in [2.24, 2.45) is 17.8 Å². The predicted octanol–water partition coefficient (Wildman–Crippen LogP) is 1.89. The summed E-state index contributed by atoms with van der Waals surface area (Å²) >= 11 is 0. The molecule has 4 aliphatic rings. The van der Waals surface area contributed by atoms with Gasteiger partial charge in [-0.3, -0.25) is 0 Å². The van der Waals surface area contributed by atoms with Crippen LogP contribution >= 0.6 is 0 Å². The van der Waals surface area contributed by atoms with Crippen molar-refractivity contribution in [3.63, 3.8) is 0 Å². The average molecular weight is 253 g/mol. The second-order valence-corrected chi connectivity index (χ2v) is 7.33. The number of rotatable bonds is 5. The first kappa shape index (κ1) is 12.9. The predicted molar refractivity (Wildman–Crippen MR) is 71.4 cm³/mol. The molecule has 4 rings (SSSR count). The lowest BCUT2D eigenvalue weighted by Crippen LogP contribution is -2.53. The van der Waals surface area contributed by atoms with E-state index in [1.165, 1.54) is 38.5 Å². The molecule has 0 saturated heterocycles. The third kappa shape index (κ3) is 2.59. The number of aliphatic hydroxyl groups is 1. The maximum absolute atomic E-state index is 9.95. The van der Waals surface area contributed by atoms with Gasteiger partial charge in [-0.05, 0) is 70.4 Å². The summed E-state index contributed by atoms with van der Waals surface area (Å²) in [7, 11) is 3.99. The van der Waals surface area contributed by atoms with Crippen LogP contribution in [0.3, 0.4) is 0 Å². The first-order valence-corrected chi connectivity index (χ1v) is 7.51. The summed E-state index contributed by atoms with van der Waals surface area (Å²) in [5, 5.41) is 9.95. The second kappa shape index (κ2) is 4.77. The van der Waals surface area contributed by atoms with Gasteiger partial charge >= 0.3 is 0 Å². The van der Waals surface area contributed by atoms with Gasteiger partial charge in [0.05, 0.1) is 18.3 Å². The fourth-order valence-electron chi connectivity index (χ4n) is 4.96. The summed E-state index contributed by atoms with van der Waals surface area (Å²) in [4.78, 5) is 2.02. The molecule has 0 heterocycles. The Bertz CT molecular complexity index is 268. The molecule has 0 amide bonds. The Balaban J connectivity index is 1.56. The summed E-state index contributed by atoms with van der Waals surface area (Å²) in [5.74, 6) is 2.76. The molecule has 18 heavy (non-hydrogen) atoms. The Morgan fingerprint density at radius 2 is 1.61 bits per heavy atom. The van der Waals surface area contributed by atoms with Gasteiger partial charge in [0.25, 0.3) is 0 Å². The Morgan fingerprint density at radius 3 is 2.06 bits per heavy atom. The minimum Gasteiger partial charge on any atom is -0.389 e. The molecular weight excluding hydrogens is 226 g/mol. The SMILES string of the molecule is CN(C)CC(O)COC12CC3CC(CC(C3)C1)C2. The zero-order valence-electron chi connectivity index (χ0n) is 11.8. The Labute approximate surface area is 110 Å². The molecule has 4 aliphatic carbocycles. The van der Waals surface area contributed by atoms with Crippen molar-refractivity contribution in [1.82, 2.24) is 4.90 Å². The zero-order chi connectivity index (χ0) is 12.8. The summed E-state index contributed by atoms with van der Waals surface area (Å²) in [6.07, 6.45) is 7.77. The molecule has 1 N–H and O–H groups in total. The van der Waals surface area contributed by atoms with E-state index in [1.54, 1.807) is 0 Å². The number of ether oxygens (including phenoxy) is 1. The molecule has 0 aliphatic heterocycles. The van der Waals surface area contributed by atoms with E-state index in [-0.39, 0.29) is 11.7 Å². The van der Waals surface area contributed by atoms with Gasteiger partial charge in [0.1, 0.15) is 0 Å². The van der Waals surface area contributed by atoms with E-state index in [9.17, 15) is 5.11 Å². The zero-order valence-corrected chi connectivity index (χ0v) is 11.8. The van der Waals surface area contributed by atoms with Crippen molar-refractivity contribution in [2.45, 2.75) is 50.2 Å². The fourth-order valence-corrected chi connectivity index (χ4v) is 4.96. The smallest absolute Gasteiger partial charge is 0.0900 e. The maximum atomic E-state index is 9.95. The largest absolute Gasteiger partial charge is 0.389 e. The second-order valence-electron chi connectivity index (χ2n) is 7.33. The van der Waals surface area contributed by atoms with Gasteiger partial charge in [-0.15, -0.1) is 0 Å². The maximum Gasteiger partial charge on any atom is 0.0900 e. The summed E-state index contributed by atoms with van der Waals surface area (Å²) in [6, 6.07) is 0. The first-order chi connectivity index (χ1) is 8.55. The third-order valence-electron chi connectivity index (χ3n) is 5.14. The van der Waals surface area contributed by atoms with Gasteiger partial charge in [-0.1, -0.05) is 0 Å². The number of aliphatic hydroxyl groups excluding tert-OH is 1. The Kier molecular flexibility index (Phi) is 3.41. The molecule has 0 aromatic heterocycles. The van der Waals surface area contributed by atoms with E-state index in [0.29, 0.717) is 13.2 Å². The van der Waals surface area contributed by atoms with Gasteiger partial charge < -0.3 is 14.7 Å². The van der Waals surface area contributed by atoms with Crippen molar-refractivity contribution >= 4 is 0 Å². The molecule has 4 fully saturated rings. The van der Waals surface area contributed by atoms with Gasteiger partial charge in [0.2, 0.25) is 0 Å². The molecule has 0 aromatic carbocycles. The van der Waals surface area contributed by atoms with E-state index in [2.05, 4.69) is 0 Å². The van der Waals surface area contributed by atoms with Crippen LogP contribution in [-0.2, 0) is 4.74 Å². The van der Waals surface area contributed by atoms with Crippen molar-refractivity contribution in [2.75, 3.05) is 27.2 Å². The van der Waals surface area contributed by atoms with Crippen LogP contribution < -0.4 is 0 Å². The van der Waals surface area contributed by atoms with Gasteiger partial charge in [0.15, 0.2) is 0 Å².